The van der Waals surface area contributed by atoms with E-state index in [1.807, 2.05) is 16.7 Å². The van der Waals surface area contributed by atoms with Crippen LogP contribution in [0, 0.1) is 21.8 Å². The zero-order valence-electron chi connectivity index (χ0n) is 12.4. The molecule has 120 valence electrons. The number of fused-ring (bicyclic) bond motifs is 1. The fourth-order valence-electron chi connectivity index (χ4n) is 3.06. The summed E-state index contributed by atoms with van der Waals surface area (Å²) in [5, 5.41) is 11.1. The van der Waals surface area contributed by atoms with E-state index in [2.05, 4.69) is 0 Å². The van der Waals surface area contributed by atoms with Crippen molar-refractivity contribution in [3.63, 3.8) is 0 Å². The third-order valence-corrected chi connectivity index (χ3v) is 4.09. The molecular formula is C16H15FN2O4. The Morgan fingerprint density at radius 2 is 2.26 bits per heavy atom. The normalized spacial score (nSPS) is 20.1. The lowest BCUT2D eigenvalue weighted by Crippen LogP contribution is -2.13. The predicted molar refractivity (Wildman–Crippen MR) is 81.4 cm³/mol. The summed E-state index contributed by atoms with van der Waals surface area (Å²) in [5.41, 5.74) is 0.983. The van der Waals surface area contributed by atoms with Crippen molar-refractivity contribution in [3.05, 3.63) is 58.0 Å². The van der Waals surface area contributed by atoms with Gasteiger partial charge >= 0.3 is 5.97 Å². The quantitative estimate of drug-likeness (QED) is 0.376. The Labute approximate surface area is 131 Å². The first kappa shape index (κ1) is 15.2. The molecule has 0 radical (unpaired) electrons. The van der Waals surface area contributed by atoms with Crippen molar-refractivity contribution in [3.8, 4) is 0 Å². The molecule has 0 aliphatic heterocycles. The summed E-state index contributed by atoms with van der Waals surface area (Å²) in [6.45, 7) is -0.120. The number of halogens is 1. The number of carbonyl (C=O) groups excluding carboxylic acids is 1. The minimum atomic E-state index is -0.539. The molecule has 7 heteroatoms. The molecular weight excluding hydrogens is 303 g/mol. The molecule has 2 atom stereocenters. The maximum absolute atomic E-state index is 13.5. The van der Waals surface area contributed by atoms with Crippen LogP contribution in [0.25, 0.3) is 10.9 Å². The third kappa shape index (κ3) is 2.81. The smallest absolute Gasteiger partial charge is 0.340 e. The fraction of sp³-hybridized carbons (Fsp3) is 0.312. The first-order valence-corrected chi connectivity index (χ1v) is 7.18. The molecule has 0 amide bonds. The van der Waals surface area contributed by atoms with Gasteiger partial charge in [0.25, 0.3) is 0 Å². The molecule has 0 unspecified atom stereocenters. The Kier molecular flexibility index (Phi) is 3.85. The lowest BCUT2D eigenvalue weighted by molar-refractivity contribution is -0.485. The van der Waals surface area contributed by atoms with Gasteiger partial charge in [-0.15, -0.1) is 0 Å². The second kappa shape index (κ2) is 5.83. The molecule has 3 rings (SSSR count). The predicted octanol–water partition coefficient (Wildman–Crippen LogP) is 2.96. The maximum Gasteiger partial charge on any atom is 0.340 e. The second-order valence-corrected chi connectivity index (χ2v) is 5.57. The summed E-state index contributed by atoms with van der Waals surface area (Å²) in [4.78, 5) is 22.2. The van der Waals surface area contributed by atoms with Crippen LogP contribution in [0.1, 0.15) is 22.8 Å². The van der Waals surface area contributed by atoms with Gasteiger partial charge < -0.3 is 9.30 Å². The number of esters is 1. The van der Waals surface area contributed by atoms with Gasteiger partial charge in [0, 0.05) is 27.9 Å². The molecule has 2 aromatic rings. The van der Waals surface area contributed by atoms with E-state index in [1.54, 1.807) is 12.3 Å². The van der Waals surface area contributed by atoms with Gasteiger partial charge in [0.15, 0.2) is 0 Å². The van der Waals surface area contributed by atoms with Crippen LogP contribution in [-0.2, 0) is 4.74 Å². The van der Waals surface area contributed by atoms with Crippen LogP contribution < -0.4 is 0 Å². The van der Waals surface area contributed by atoms with Crippen LogP contribution in [0.4, 0.5) is 4.39 Å². The van der Waals surface area contributed by atoms with Gasteiger partial charge in [0.05, 0.1) is 18.7 Å². The number of rotatable bonds is 4. The molecule has 0 N–H and O–H groups in total. The van der Waals surface area contributed by atoms with Crippen LogP contribution in [0.2, 0.25) is 0 Å². The number of nitro groups is 1. The Hall–Kier alpha value is -2.70. The number of ether oxygens (including phenoxy) is 1. The minimum absolute atomic E-state index is 0.105. The van der Waals surface area contributed by atoms with Crippen LogP contribution in [-0.4, -0.2) is 29.1 Å². The zero-order valence-corrected chi connectivity index (χ0v) is 12.4. The molecule has 0 bridgehead atoms. The third-order valence-electron chi connectivity index (χ3n) is 4.09. The molecule has 0 saturated heterocycles. The molecule has 1 aliphatic carbocycles. The van der Waals surface area contributed by atoms with E-state index in [0.717, 1.165) is 0 Å². The van der Waals surface area contributed by atoms with Crippen molar-refractivity contribution >= 4 is 16.9 Å². The van der Waals surface area contributed by atoms with E-state index >= 15 is 0 Å². The summed E-state index contributed by atoms with van der Waals surface area (Å²) >= 11 is 0. The zero-order chi connectivity index (χ0) is 16.6. The van der Waals surface area contributed by atoms with Gasteiger partial charge in [0.1, 0.15) is 5.82 Å². The molecule has 1 aromatic heterocycles. The number of nitrogens with zero attached hydrogens (tertiary/aromatic N) is 2. The van der Waals surface area contributed by atoms with Crippen molar-refractivity contribution in [1.29, 1.82) is 0 Å². The highest BCUT2D eigenvalue weighted by molar-refractivity contribution is 6.04. The first-order chi connectivity index (χ1) is 11.0. The lowest BCUT2D eigenvalue weighted by atomic mass is 10.1. The highest BCUT2D eigenvalue weighted by Gasteiger charge is 2.26. The van der Waals surface area contributed by atoms with Gasteiger partial charge in [-0.05, 0) is 24.6 Å². The monoisotopic (exact) mass is 318 g/mol. The first-order valence-electron chi connectivity index (χ1n) is 7.18. The number of aromatic nitrogens is 1. The van der Waals surface area contributed by atoms with E-state index < -0.39 is 11.8 Å². The van der Waals surface area contributed by atoms with Crippen LogP contribution in [0.3, 0.4) is 0 Å². The number of allylic oxidation sites excluding steroid dienone is 1. The Balaban J connectivity index is 2.00. The molecule has 23 heavy (non-hydrogen) atoms. The Morgan fingerprint density at radius 1 is 1.48 bits per heavy atom. The van der Waals surface area contributed by atoms with Crippen molar-refractivity contribution in [2.45, 2.75) is 12.5 Å². The van der Waals surface area contributed by atoms with Gasteiger partial charge in [-0.3, -0.25) is 10.1 Å². The number of hydrogen-bond donors (Lipinski definition) is 0. The number of benzene rings is 1. The van der Waals surface area contributed by atoms with E-state index in [9.17, 15) is 19.3 Å². The molecule has 1 aromatic carbocycles. The van der Waals surface area contributed by atoms with Gasteiger partial charge in [0.2, 0.25) is 6.54 Å². The number of hydrogen-bond acceptors (Lipinski definition) is 4. The standard InChI is InChI=1S/C16H15FN2O4/c1-23-16(20)14-9-18(15-5-3-11(17)7-13(14)15)12-4-2-10(6-12)8-19(21)22/h2-5,7,9-10,12H,6,8H2,1H3/t10-,12-/m0/s1. The highest BCUT2D eigenvalue weighted by Crippen LogP contribution is 2.33. The van der Waals surface area contributed by atoms with E-state index in [0.29, 0.717) is 17.3 Å². The highest BCUT2D eigenvalue weighted by atomic mass is 19.1. The second-order valence-electron chi connectivity index (χ2n) is 5.57. The molecule has 0 spiro atoms. The van der Waals surface area contributed by atoms with Crippen LogP contribution >= 0.6 is 0 Å². The summed E-state index contributed by atoms with van der Waals surface area (Å²) in [7, 11) is 1.27. The summed E-state index contributed by atoms with van der Waals surface area (Å²) in [6, 6.07) is 4.12. The molecule has 6 nitrogen and oxygen atoms in total. The van der Waals surface area contributed by atoms with Crippen LogP contribution in [0.5, 0.6) is 0 Å². The number of methoxy groups -OCH3 is 1. The van der Waals surface area contributed by atoms with Gasteiger partial charge in [-0.2, -0.15) is 0 Å². The van der Waals surface area contributed by atoms with Crippen LogP contribution in [0.15, 0.2) is 36.5 Å². The van der Waals surface area contributed by atoms with Crippen molar-refractivity contribution in [2.75, 3.05) is 13.7 Å². The fourth-order valence-corrected chi connectivity index (χ4v) is 3.06. The molecule has 0 saturated carbocycles. The molecule has 0 fully saturated rings. The Bertz CT molecular complexity index is 812. The SMILES string of the molecule is COC(=O)c1cn([C@H]2C=C[C@H](C[N+](=O)[O-])C2)c2ccc(F)cc12. The van der Waals surface area contributed by atoms with E-state index in [4.69, 9.17) is 4.74 Å². The molecule has 1 aliphatic rings. The maximum atomic E-state index is 13.5. The summed E-state index contributed by atoms with van der Waals surface area (Å²) < 4.78 is 20.1. The minimum Gasteiger partial charge on any atom is -0.465 e. The topological polar surface area (TPSA) is 74.4 Å². The van der Waals surface area contributed by atoms with Crippen molar-refractivity contribution in [1.82, 2.24) is 4.57 Å². The van der Waals surface area contributed by atoms with Gasteiger partial charge in [-0.1, -0.05) is 12.2 Å². The van der Waals surface area contributed by atoms with Crippen molar-refractivity contribution in [2.24, 2.45) is 5.92 Å². The van der Waals surface area contributed by atoms with E-state index in [-0.39, 0.29) is 29.0 Å². The van der Waals surface area contributed by atoms with E-state index in [1.165, 1.54) is 19.2 Å². The average molecular weight is 318 g/mol. The summed E-state index contributed by atoms with van der Waals surface area (Å²) in [6.07, 6.45) is 5.90. The summed E-state index contributed by atoms with van der Waals surface area (Å²) in [5.74, 6) is -1.12. The lowest BCUT2D eigenvalue weighted by Gasteiger charge is -2.13. The van der Waals surface area contributed by atoms with Crippen molar-refractivity contribution < 1.29 is 18.8 Å². The largest absolute Gasteiger partial charge is 0.465 e. The molecule has 1 heterocycles. The Morgan fingerprint density at radius 3 is 2.96 bits per heavy atom. The number of carbonyl (C=O) groups is 1. The van der Waals surface area contributed by atoms with Gasteiger partial charge in [-0.25, -0.2) is 9.18 Å². The average Bonchev–Trinajstić information content (AvgIpc) is 3.09.